The van der Waals surface area contributed by atoms with E-state index in [1.54, 1.807) is 0 Å². The molecule has 3 nitrogen and oxygen atoms in total. The van der Waals surface area contributed by atoms with Crippen molar-refractivity contribution in [1.29, 1.82) is 0 Å². The number of nitrogens with zero attached hydrogens (tertiary/aromatic N) is 2. The third-order valence-electron chi connectivity index (χ3n) is 2.03. The third kappa shape index (κ3) is 3.33. The fourth-order valence-electron chi connectivity index (χ4n) is 0.759. The van der Waals surface area contributed by atoms with E-state index in [0.717, 1.165) is 11.5 Å². The summed E-state index contributed by atoms with van der Waals surface area (Å²) >= 11 is 0.730. The molecule has 1 rings (SSSR count). The van der Waals surface area contributed by atoms with E-state index < -0.39 is 12.0 Å². The van der Waals surface area contributed by atoms with Gasteiger partial charge in [0, 0.05) is 17.6 Å². The zero-order chi connectivity index (χ0) is 11.6. The van der Waals surface area contributed by atoms with Crippen LogP contribution < -0.4 is 5.32 Å². The molecule has 0 bridgehead atoms. The van der Waals surface area contributed by atoms with Crippen molar-refractivity contribution >= 4 is 16.7 Å². The molecule has 0 aliphatic rings. The smallest absolute Gasteiger partial charge is 0.358 e. The molecule has 0 aliphatic heterocycles. The summed E-state index contributed by atoms with van der Waals surface area (Å²) in [4.78, 5) is 3.38. The average molecular weight is 239 g/mol. The minimum atomic E-state index is -4.46. The van der Waals surface area contributed by atoms with Gasteiger partial charge in [0.1, 0.15) is 0 Å². The zero-order valence-electron chi connectivity index (χ0n) is 8.59. The molecule has 0 radical (unpaired) electrons. The Balaban J connectivity index is 2.69. The number of hydrogen-bond acceptors (Lipinski definition) is 4. The number of nitrogens with one attached hydrogen (secondary N) is 1. The van der Waals surface area contributed by atoms with Crippen LogP contribution in [0.25, 0.3) is 0 Å². The fourth-order valence-corrected chi connectivity index (χ4v) is 1.44. The van der Waals surface area contributed by atoms with Crippen LogP contribution >= 0.6 is 11.5 Å². The molecule has 1 N–H and O–H groups in total. The van der Waals surface area contributed by atoms with Crippen LogP contribution in [-0.2, 0) is 6.18 Å². The van der Waals surface area contributed by atoms with Gasteiger partial charge in [-0.1, -0.05) is 13.8 Å². The molecule has 0 amide bonds. The SMILES string of the molecule is CC(C)C(C)Nc1nc(C(F)(F)F)ns1. The van der Waals surface area contributed by atoms with Gasteiger partial charge in [-0.15, -0.1) is 0 Å². The van der Waals surface area contributed by atoms with E-state index in [1.165, 1.54) is 0 Å². The van der Waals surface area contributed by atoms with Crippen molar-refractivity contribution in [1.82, 2.24) is 9.36 Å². The van der Waals surface area contributed by atoms with Crippen LogP contribution in [0.15, 0.2) is 0 Å². The molecule has 1 heterocycles. The Labute approximate surface area is 89.9 Å². The molecule has 15 heavy (non-hydrogen) atoms. The van der Waals surface area contributed by atoms with E-state index in [-0.39, 0.29) is 11.2 Å². The van der Waals surface area contributed by atoms with Gasteiger partial charge in [0.15, 0.2) is 0 Å². The highest BCUT2D eigenvalue weighted by Crippen LogP contribution is 2.29. The molecule has 86 valence electrons. The molecule has 1 aromatic heterocycles. The standard InChI is InChI=1S/C8H12F3N3S/c1-4(2)5(3)12-7-13-6(14-15-7)8(9,10)11/h4-5H,1-3H3,(H,12,13,14). The largest absolute Gasteiger partial charge is 0.452 e. The highest BCUT2D eigenvalue weighted by atomic mass is 32.1. The number of halogens is 3. The van der Waals surface area contributed by atoms with Crippen LogP contribution in [-0.4, -0.2) is 15.4 Å². The molecule has 0 aromatic carbocycles. The Kier molecular flexibility index (Phi) is 3.54. The molecule has 7 heteroatoms. The monoisotopic (exact) mass is 239 g/mol. The van der Waals surface area contributed by atoms with E-state index in [1.807, 2.05) is 20.8 Å². The van der Waals surface area contributed by atoms with Crippen molar-refractivity contribution in [3.8, 4) is 0 Å². The average Bonchev–Trinajstić information content (AvgIpc) is 2.51. The van der Waals surface area contributed by atoms with Crippen LogP contribution in [0.5, 0.6) is 0 Å². The predicted molar refractivity (Wildman–Crippen MR) is 52.8 cm³/mol. The Bertz CT molecular complexity index is 321. The molecule has 1 aromatic rings. The van der Waals surface area contributed by atoms with Crippen LogP contribution in [0.2, 0.25) is 0 Å². The summed E-state index contributed by atoms with van der Waals surface area (Å²) < 4.78 is 39.7. The quantitative estimate of drug-likeness (QED) is 0.881. The molecule has 1 unspecified atom stereocenters. The Morgan fingerprint density at radius 2 is 1.87 bits per heavy atom. The van der Waals surface area contributed by atoms with Crippen molar-refractivity contribution in [3.63, 3.8) is 0 Å². The van der Waals surface area contributed by atoms with E-state index in [0.29, 0.717) is 5.92 Å². The highest BCUT2D eigenvalue weighted by molar-refractivity contribution is 7.09. The normalized spacial score (nSPS) is 14.3. The van der Waals surface area contributed by atoms with Gasteiger partial charge in [0.2, 0.25) is 11.0 Å². The Hall–Kier alpha value is -0.850. The lowest BCUT2D eigenvalue weighted by Crippen LogP contribution is -2.21. The van der Waals surface area contributed by atoms with Gasteiger partial charge in [-0.3, -0.25) is 0 Å². The summed E-state index contributed by atoms with van der Waals surface area (Å²) in [5.74, 6) is -0.755. The zero-order valence-corrected chi connectivity index (χ0v) is 9.41. The van der Waals surface area contributed by atoms with Crippen LogP contribution in [0.1, 0.15) is 26.6 Å². The van der Waals surface area contributed by atoms with Gasteiger partial charge in [0.05, 0.1) is 0 Å². The minimum Gasteiger partial charge on any atom is -0.358 e. The first-order chi connectivity index (χ1) is 6.80. The maximum Gasteiger partial charge on any atom is 0.452 e. The first-order valence-electron chi connectivity index (χ1n) is 4.48. The lowest BCUT2D eigenvalue weighted by Gasteiger charge is -2.15. The van der Waals surface area contributed by atoms with Crippen molar-refractivity contribution in [2.75, 3.05) is 5.32 Å². The van der Waals surface area contributed by atoms with Gasteiger partial charge < -0.3 is 5.32 Å². The van der Waals surface area contributed by atoms with Gasteiger partial charge in [-0.2, -0.15) is 22.5 Å². The molecule has 0 aliphatic carbocycles. The van der Waals surface area contributed by atoms with E-state index in [4.69, 9.17) is 0 Å². The summed E-state index contributed by atoms with van der Waals surface area (Å²) in [5, 5.41) is 3.09. The second-order valence-corrected chi connectivity index (χ2v) is 4.35. The molecular formula is C8H12F3N3S. The van der Waals surface area contributed by atoms with Gasteiger partial charge >= 0.3 is 6.18 Å². The summed E-state index contributed by atoms with van der Waals surface area (Å²) in [5.41, 5.74) is 0. The van der Waals surface area contributed by atoms with Gasteiger partial charge in [0.25, 0.3) is 0 Å². The van der Waals surface area contributed by atoms with E-state index >= 15 is 0 Å². The summed E-state index contributed by atoms with van der Waals surface area (Å²) in [6.45, 7) is 5.84. The van der Waals surface area contributed by atoms with Gasteiger partial charge in [-0.25, -0.2) is 0 Å². The maximum atomic E-state index is 12.2. The molecule has 0 saturated carbocycles. The first kappa shape index (κ1) is 12.2. The van der Waals surface area contributed by atoms with Crippen LogP contribution in [0, 0.1) is 5.92 Å². The summed E-state index contributed by atoms with van der Waals surface area (Å²) in [7, 11) is 0. The molecule has 0 fully saturated rings. The van der Waals surface area contributed by atoms with E-state index in [2.05, 4.69) is 14.7 Å². The van der Waals surface area contributed by atoms with Crippen molar-refractivity contribution in [2.45, 2.75) is 33.0 Å². The van der Waals surface area contributed by atoms with Crippen LogP contribution in [0.3, 0.4) is 0 Å². The molecular weight excluding hydrogens is 227 g/mol. The van der Waals surface area contributed by atoms with Crippen molar-refractivity contribution in [3.05, 3.63) is 5.82 Å². The predicted octanol–water partition coefficient (Wildman–Crippen LogP) is 3.01. The maximum absolute atomic E-state index is 12.2. The van der Waals surface area contributed by atoms with Gasteiger partial charge in [-0.05, 0) is 12.8 Å². The van der Waals surface area contributed by atoms with Crippen molar-refractivity contribution < 1.29 is 13.2 Å². The number of alkyl halides is 3. The molecule has 0 spiro atoms. The molecule has 0 saturated heterocycles. The lowest BCUT2D eigenvalue weighted by molar-refractivity contribution is -0.144. The topological polar surface area (TPSA) is 37.8 Å². The number of hydrogen-bond donors (Lipinski definition) is 1. The number of anilines is 1. The molecule has 1 atom stereocenters. The summed E-state index contributed by atoms with van der Waals surface area (Å²) in [6.07, 6.45) is -4.46. The Morgan fingerprint density at radius 3 is 2.27 bits per heavy atom. The minimum absolute atomic E-state index is 0.0685. The number of aromatic nitrogens is 2. The van der Waals surface area contributed by atoms with E-state index in [9.17, 15) is 13.2 Å². The highest BCUT2D eigenvalue weighted by Gasteiger charge is 2.36. The Morgan fingerprint density at radius 1 is 1.27 bits per heavy atom. The lowest BCUT2D eigenvalue weighted by atomic mass is 10.1. The number of rotatable bonds is 3. The van der Waals surface area contributed by atoms with Crippen molar-refractivity contribution in [2.24, 2.45) is 5.92 Å². The first-order valence-corrected chi connectivity index (χ1v) is 5.25. The second-order valence-electron chi connectivity index (χ2n) is 3.60. The third-order valence-corrected chi connectivity index (χ3v) is 2.68. The summed E-state index contributed by atoms with van der Waals surface area (Å²) in [6, 6.07) is 0.0685. The van der Waals surface area contributed by atoms with Crippen LogP contribution in [0.4, 0.5) is 18.3 Å². The second kappa shape index (κ2) is 4.34. The fraction of sp³-hybridized carbons (Fsp3) is 0.750.